The van der Waals surface area contributed by atoms with Crippen molar-refractivity contribution in [2.75, 3.05) is 30.8 Å². The van der Waals surface area contributed by atoms with E-state index in [0.717, 1.165) is 0 Å². The van der Waals surface area contributed by atoms with E-state index in [0.29, 0.717) is 11.4 Å². The Bertz CT molecular complexity index is 742. The van der Waals surface area contributed by atoms with Crippen LogP contribution >= 0.6 is 11.6 Å². The maximum absolute atomic E-state index is 13.1. The van der Waals surface area contributed by atoms with Gasteiger partial charge in [-0.1, -0.05) is 17.7 Å². The van der Waals surface area contributed by atoms with E-state index in [1.807, 2.05) is 0 Å². The predicted molar refractivity (Wildman–Crippen MR) is 90.4 cm³/mol. The third kappa shape index (κ3) is 5.60. The first kappa shape index (κ1) is 17.8. The zero-order valence-corrected chi connectivity index (χ0v) is 13.7. The van der Waals surface area contributed by atoms with Gasteiger partial charge in [0.1, 0.15) is 5.82 Å². The number of nitrogens with one attached hydrogen (secondary N) is 2. The molecule has 1 heterocycles. The fraction of sp³-hybridized carbons (Fsp3) is 0.188. The Morgan fingerprint density at radius 3 is 2.54 bits per heavy atom. The summed E-state index contributed by atoms with van der Waals surface area (Å²) < 4.78 is 13.1. The Morgan fingerprint density at radius 2 is 1.88 bits per heavy atom. The minimum Gasteiger partial charge on any atom is -0.325 e. The van der Waals surface area contributed by atoms with E-state index in [4.69, 9.17) is 11.6 Å². The molecule has 0 spiro atoms. The lowest BCUT2D eigenvalue weighted by atomic mass is 10.3. The van der Waals surface area contributed by atoms with Crippen molar-refractivity contribution in [3.63, 3.8) is 0 Å². The number of likely N-dealkylation sites (N-methyl/N-ethyl adjacent to an activating group) is 1. The molecule has 24 heavy (non-hydrogen) atoms. The Balaban J connectivity index is 1.81. The SMILES string of the molecule is CN(CC(=O)Nc1cccc(F)c1)CC(=O)Nc1cccnc1Cl. The van der Waals surface area contributed by atoms with E-state index in [1.54, 1.807) is 25.2 Å². The second-order valence-electron chi connectivity index (χ2n) is 5.12. The van der Waals surface area contributed by atoms with Gasteiger partial charge in [0.25, 0.3) is 0 Å². The number of halogens is 2. The molecule has 0 saturated carbocycles. The molecule has 0 radical (unpaired) electrons. The summed E-state index contributed by atoms with van der Waals surface area (Å²) in [4.78, 5) is 29.2. The first-order chi connectivity index (χ1) is 11.4. The van der Waals surface area contributed by atoms with Crippen molar-refractivity contribution in [1.29, 1.82) is 0 Å². The standard InChI is InChI=1S/C16H16ClFN4O2/c1-22(9-14(23)20-12-5-2-4-11(18)8-12)10-15(24)21-13-6-3-7-19-16(13)17/h2-8H,9-10H2,1H3,(H,20,23)(H,21,24). The summed E-state index contributed by atoms with van der Waals surface area (Å²) in [5.41, 5.74) is 0.766. The van der Waals surface area contributed by atoms with Gasteiger partial charge in [0, 0.05) is 11.9 Å². The number of rotatable bonds is 6. The van der Waals surface area contributed by atoms with E-state index in [-0.39, 0.29) is 30.1 Å². The molecule has 0 bridgehead atoms. The van der Waals surface area contributed by atoms with Crippen LogP contribution in [0.1, 0.15) is 0 Å². The van der Waals surface area contributed by atoms with E-state index in [9.17, 15) is 14.0 Å². The minimum atomic E-state index is -0.436. The van der Waals surface area contributed by atoms with Crippen LogP contribution in [0.4, 0.5) is 15.8 Å². The predicted octanol–water partition coefficient (Wildman–Crippen LogP) is 2.38. The number of benzene rings is 1. The van der Waals surface area contributed by atoms with Crippen LogP contribution in [0.5, 0.6) is 0 Å². The molecule has 0 saturated heterocycles. The van der Waals surface area contributed by atoms with Gasteiger partial charge in [-0.3, -0.25) is 14.5 Å². The smallest absolute Gasteiger partial charge is 0.238 e. The number of amides is 2. The van der Waals surface area contributed by atoms with Crippen molar-refractivity contribution >= 4 is 34.8 Å². The van der Waals surface area contributed by atoms with Gasteiger partial charge in [-0.2, -0.15) is 0 Å². The summed E-state index contributed by atoms with van der Waals surface area (Å²) in [6.07, 6.45) is 1.51. The third-order valence-corrected chi connectivity index (χ3v) is 3.27. The van der Waals surface area contributed by atoms with Gasteiger partial charge >= 0.3 is 0 Å². The van der Waals surface area contributed by atoms with Crippen LogP contribution in [0, 0.1) is 5.82 Å². The Kier molecular flexibility index (Phi) is 6.22. The number of hydrogen-bond donors (Lipinski definition) is 2. The zero-order chi connectivity index (χ0) is 17.5. The lowest BCUT2D eigenvalue weighted by Crippen LogP contribution is -2.36. The second kappa shape index (κ2) is 8.37. The number of carbonyl (C=O) groups is 2. The minimum absolute atomic E-state index is 0.0121. The number of carbonyl (C=O) groups excluding carboxylic acids is 2. The molecule has 0 aliphatic heterocycles. The van der Waals surface area contributed by atoms with Crippen molar-refractivity contribution in [2.45, 2.75) is 0 Å². The molecule has 0 fully saturated rings. The molecule has 0 atom stereocenters. The van der Waals surface area contributed by atoms with Gasteiger partial charge in [-0.25, -0.2) is 9.37 Å². The summed E-state index contributed by atoms with van der Waals surface area (Å²) >= 11 is 5.86. The normalized spacial score (nSPS) is 10.5. The highest BCUT2D eigenvalue weighted by atomic mass is 35.5. The van der Waals surface area contributed by atoms with Gasteiger partial charge in [0.2, 0.25) is 11.8 Å². The highest BCUT2D eigenvalue weighted by Crippen LogP contribution is 2.17. The van der Waals surface area contributed by atoms with Gasteiger partial charge in [0.05, 0.1) is 18.8 Å². The van der Waals surface area contributed by atoms with Gasteiger partial charge in [-0.05, 0) is 37.4 Å². The monoisotopic (exact) mass is 350 g/mol. The van der Waals surface area contributed by atoms with Crippen LogP contribution in [0.3, 0.4) is 0 Å². The zero-order valence-electron chi connectivity index (χ0n) is 12.9. The highest BCUT2D eigenvalue weighted by molar-refractivity contribution is 6.32. The van der Waals surface area contributed by atoms with E-state index in [2.05, 4.69) is 15.6 Å². The quantitative estimate of drug-likeness (QED) is 0.784. The van der Waals surface area contributed by atoms with Crippen LogP contribution in [-0.2, 0) is 9.59 Å². The number of pyridine rings is 1. The summed E-state index contributed by atoms with van der Waals surface area (Å²) in [5.74, 6) is -1.12. The Labute approximate surface area is 143 Å². The van der Waals surface area contributed by atoms with Crippen LogP contribution in [0.15, 0.2) is 42.6 Å². The molecule has 6 nitrogen and oxygen atoms in total. The van der Waals surface area contributed by atoms with Crippen LogP contribution in [0.25, 0.3) is 0 Å². The molecular formula is C16H16ClFN4O2. The molecule has 2 N–H and O–H groups in total. The first-order valence-electron chi connectivity index (χ1n) is 7.08. The molecule has 126 valence electrons. The van der Waals surface area contributed by atoms with Crippen LogP contribution in [0.2, 0.25) is 5.15 Å². The third-order valence-electron chi connectivity index (χ3n) is 2.97. The summed E-state index contributed by atoms with van der Waals surface area (Å²) in [5, 5.41) is 5.37. The molecule has 8 heteroatoms. The maximum Gasteiger partial charge on any atom is 0.238 e. The summed E-state index contributed by atoms with van der Waals surface area (Å²) in [7, 11) is 1.62. The number of nitrogens with zero attached hydrogens (tertiary/aromatic N) is 2. The van der Waals surface area contributed by atoms with Crippen molar-refractivity contribution in [2.24, 2.45) is 0 Å². The molecule has 1 aromatic heterocycles. The van der Waals surface area contributed by atoms with Crippen molar-refractivity contribution < 1.29 is 14.0 Å². The lowest BCUT2D eigenvalue weighted by molar-refractivity contribution is -0.119. The van der Waals surface area contributed by atoms with Crippen LogP contribution in [-0.4, -0.2) is 41.8 Å². The molecule has 2 aromatic rings. The molecule has 0 unspecified atom stereocenters. The first-order valence-corrected chi connectivity index (χ1v) is 7.46. The maximum atomic E-state index is 13.1. The van der Waals surface area contributed by atoms with E-state index >= 15 is 0 Å². The van der Waals surface area contributed by atoms with Crippen molar-refractivity contribution in [1.82, 2.24) is 9.88 Å². The topological polar surface area (TPSA) is 74.3 Å². The van der Waals surface area contributed by atoms with E-state index in [1.165, 1.54) is 29.3 Å². The molecule has 0 aliphatic rings. The molecular weight excluding hydrogens is 335 g/mol. The van der Waals surface area contributed by atoms with Crippen molar-refractivity contribution in [3.05, 3.63) is 53.6 Å². The molecule has 0 aliphatic carbocycles. The molecule has 2 rings (SSSR count). The average molecular weight is 351 g/mol. The number of aromatic nitrogens is 1. The summed E-state index contributed by atoms with van der Waals surface area (Å²) in [6, 6.07) is 8.87. The van der Waals surface area contributed by atoms with Gasteiger partial charge < -0.3 is 10.6 Å². The fourth-order valence-corrected chi connectivity index (χ4v) is 2.15. The fourth-order valence-electron chi connectivity index (χ4n) is 1.98. The number of hydrogen-bond acceptors (Lipinski definition) is 4. The largest absolute Gasteiger partial charge is 0.325 e. The molecule has 1 aromatic carbocycles. The van der Waals surface area contributed by atoms with Gasteiger partial charge in [-0.15, -0.1) is 0 Å². The Hall–Kier alpha value is -2.51. The van der Waals surface area contributed by atoms with Crippen molar-refractivity contribution in [3.8, 4) is 0 Å². The lowest BCUT2D eigenvalue weighted by Gasteiger charge is -2.16. The van der Waals surface area contributed by atoms with Gasteiger partial charge in [0.15, 0.2) is 5.15 Å². The number of anilines is 2. The highest BCUT2D eigenvalue weighted by Gasteiger charge is 2.12. The van der Waals surface area contributed by atoms with Crippen LogP contribution < -0.4 is 10.6 Å². The summed E-state index contributed by atoms with van der Waals surface area (Å²) in [6.45, 7) is -0.0352. The average Bonchev–Trinajstić information content (AvgIpc) is 2.49. The van der Waals surface area contributed by atoms with E-state index < -0.39 is 5.82 Å². The Morgan fingerprint density at radius 1 is 1.17 bits per heavy atom. The second-order valence-corrected chi connectivity index (χ2v) is 5.48. The molecule has 2 amide bonds.